The van der Waals surface area contributed by atoms with Gasteiger partial charge < -0.3 is 0 Å². The quantitative estimate of drug-likeness (QED) is 0.464. The molecule has 3 aromatic carbocycles. The van der Waals surface area contributed by atoms with Crippen molar-refractivity contribution < 1.29 is 0 Å². The number of fused-ring (bicyclic) bond motifs is 1. The lowest BCUT2D eigenvalue weighted by molar-refractivity contribution is 0.902. The summed E-state index contributed by atoms with van der Waals surface area (Å²) in [6.45, 7) is 0. The van der Waals surface area contributed by atoms with Gasteiger partial charge in [-0.25, -0.2) is 4.68 Å². The number of hydrogen-bond donors (Lipinski definition) is 0. The van der Waals surface area contributed by atoms with Crippen molar-refractivity contribution in [3.63, 3.8) is 0 Å². The lowest BCUT2D eigenvalue weighted by Crippen LogP contribution is -2.04. The van der Waals surface area contributed by atoms with Crippen LogP contribution in [0.1, 0.15) is 11.3 Å². The highest BCUT2D eigenvalue weighted by Gasteiger charge is 2.12. The van der Waals surface area contributed by atoms with Crippen LogP contribution < -0.4 is 5.43 Å². The second kappa shape index (κ2) is 7.10. The fourth-order valence-corrected chi connectivity index (χ4v) is 3.30. The lowest BCUT2D eigenvalue weighted by Gasteiger charge is -2.00. The Morgan fingerprint density at radius 2 is 1.50 bits per heavy atom. The van der Waals surface area contributed by atoms with Gasteiger partial charge in [-0.05, 0) is 35.9 Å². The number of hydrogen-bond acceptors (Lipinski definition) is 2. The SMILES string of the molecule is O=c1ccccc2c(C=Cc3ccccc3Br)nn(-c3ccccc3)c12. The molecule has 0 amide bonds. The van der Waals surface area contributed by atoms with Crippen molar-refractivity contribution in [2.45, 2.75) is 0 Å². The van der Waals surface area contributed by atoms with E-state index in [4.69, 9.17) is 5.10 Å². The van der Waals surface area contributed by atoms with Crippen molar-refractivity contribution in [3.8, 4) is 5.69 Å². The number of nitrogens with zero attached hydrogens (tertiary/aromatic N) is 2. The topological polar surface area (TPSA) is 34.9 Å². The van der Waals surface area contributed by atoms with Crippen LogP contribution in [0.25, 0.3) is 28.7 Å². The van der Waals surface area contributed by atoms with E-state index < -0.39 is 0 Å². The molecular weight excluding hydrogens is 388 g/mol. The van der Waals surface area contributed by atoms with Crippen molar-refractivity contribution in [3.05, 3.63) is 105 Å². The fourth-order valence-electron chi connectivity index (χ4n) is 2.88. The molecule has 4 heteroatoms. The van der Waals surface area contributed by atoms with Gasteiger partial charge in [0, 0.05) is 9.86 Å². The monoisotopic (exact) mass is 402 g/mol. The predicted molar refractivity (Wildman–Crippen MR) is 110 cm³/mol. The van der Waals surface area contributed by atoms with E-state index >= 15 is 0 Å². The normalized spacial score (nSPS) is 11.3. The molecule has 0 radical (unpaired) electrons. The highest BCUT2D eigenvalue weighted by molar-refractivity contribution is 9.10. The maximum atomic E-state index is 12.6. The van der Waals surface area contributed by atoms with Gasteiger partial charge in [-0.15, -0.1) is 0 Å². The molecule has 0 aliphatic carbocycles. The van der Waals surface area contributed by atoms with Gasteiger partial charge in [0.25, 0.3) is 0 Å². The second-order valence-electron chi connectivity index (χ2n) is 5.83. The van der Waals surface area contributed by atoms with Crippen molar-refractivity contribution in [2.75, 3.05) is 0 Å². The minimum absolute atomic E-state index is 0.0538. The first-order chi connectivity index (χ1) is 12.7. The molecule has 0 aliphatic heterocycles. The third-order valence-corrected chi connectivity index (χ3v) is 4.85. The third-order valence-electron chi connectivity index (χ3n) is 4.13. The van der Waals surface area contributed by atoms with Gasteiger partial charge >= 0.3 is 0 Å². The maximum absolute atomic E-state index is 12.6. The van der Waals surface area contributed by atoms with Crippen LogP contribution in [-0.2, 0) is 0 Å². The molecule has 1 aromatic heterocycles. The van der Waals surface area contributed by atoms with Gasteiger partial charge in [0.1, 0.15) is 5.52 Å². The zero-order chi connectivity index (χ0) is 17.9. The Bertz CT molecular complexity index is 1160. The molecule has 0 aliphatic rings. The molecule has 26 heavy (non-hydrogen) atoms. The van der Waals surface area contributed by atoms with Gasteiger partial charge in [-0.2, -0.15) is 5.10 Å². The molecule has 3 nitrogen and oxygen atoms in total. The molecule has 0 saturated heterocycles. The summed E-state index contributed by atoms with van der Waals surface area (Å²) in [5.74, 6) is 0. The van der Waals surface area contributed by atoms with Gasteiger partial charge in [0.05, 0.1) is 11.4 Å². The van der Waals surface area contributed by atoms with E-state index in [-0.39, 0.29) is 5.43 Å². The van der Waals surface area contributed by atoms with Crippen LogP contribution in [0.2, 0.25) is 0 Å². The summed E-state index contributed by atoms with van der Waals surface area (Å²) in [6.07, 6.45) is 3.94. The first-order valence-electron chi connectivity index (χ1n) is 8.24. The van der Waals surface area contributed by atoms with Crippen LogP contribution in [0.15, 0.2) is 88.1 Å². The number of para-hydroxylation sites is 1. The molecule has 4 aromatic rings. The van der Waals surface area contributed by atoms with Crippen LogP contribution in [0, 0.1) is 0 Å². The summed E-state index contributed by atoms with van der Waals surface area (Å²) in [4.78, 5) is 12.6. The van der Waals surface area contributed by atoms with E-state index in [1.54, 1.807) is 16.8 Å². The number of aromatic nitrogens is 2. The molecule has 0 spiro atoms. The Kier molecular flexibility index (Phi) is 4.50. The highest BCUT2D eigenvalue weighted by Crippen LogP contribution is 2.23. The average Bonchev–Trinajstić information content (AvgIpc) is 2.92. The lowest BCUT2D eigenvalue weighted by atomic mass is 10.2. The molecule has 0 unspecified atom stereocenters. The Labute approximate surface area is 159 Å². The first-order valence-corrected chi connectivity index (χ1v) is 9.03. The van der Waals surface area contributed by atoms with Gasteiger partial charge in [-0.1, -0.05) is 76.6 Å². The minimum Gasteiger partial charge on any atom is -0.288 e. The zero-order valence-corrected chi connectivity index (χ0v) is 15.4. The van der Waals surface area contributed by atoms with Crippen LogP contribution in [0.5, 0.6) is 0 Å². The summed E-state index contributed by atoms with van der Waals surface area (Å²) in [5.41, 5.74) is 3.20. The van der Waals surface area contributed by atoms with Crippen LogP contribution in [0.4, 0.5) is 0 Å². The standard InChI is InChI=1S/C22H15BrN2O/c23-19-12-6-4-8-16(19)14-15-20-18-11-5-7-13-21(26)22(18)25(24-20)17-9-2-1-3-10-17/h1-15H. The van der Waals surface area contributed by atoms with Crippen LogP contribution in [-0.4, -0.2) is 9.78 Å². The Morgan fingerprint density at radius 3 is 2.31 bits per heavy atom. The second-order valence-corrected chi connectivity index (χ2v) is 6.69. The number of benzene rings is 2. The van der Waals surface area contributed by atoms with Crippen molar-refractivity contribution >= 4 is 39.0 Å². The van der Waals surface area contributed by atoms with Gasteiger partial charge in [0.15, 0.2) is 0 Å². The van der Waals surface area contributed by atoms with Gasteiger partial charge in [0.2, 0.25) is 5.43 Å². The Hall–Kier alpha value is -2.98. The van der Waals surface area contributed by atoms with E-state index in [1.165, 1.54) is 0 Å². The average molecular weight is 403 g/mol. The van der Waals surface area contributed by atoms with E-state index in [0.29, 0.717) is 5.52 Å². The fraction of sp³-hybridized carbons (Fsp3) is 0. The van der Waals surface area contributed by atoms with E-state index in [2.05, 4.69) is 15.9 Å². The number of halogens is 1. The molecule has 0 atom stereocenters. The molecule has 0 fully saturated rings. The largest absolute Gasteiger partial charge is 0.288 e. The summed E-state index contributed by atoms with van der Waals surface area (Å²) in [5, 5.41) is 5.53. The van der Waals surface area contributed by atoms with Crippen LogP contribution >= 0.6 is 15.9 Å². The van der Waals surface area contributed by atoms with Crippen molar-refractivity contribution in [1.82, 2.24) is 9.78 Å². The zero-order valence-electron chi connectivity index (χ0n) is 13.8. The highest BCUT2D eigenvalue weighted by atomic mass is 79.9. The molecule has 1 heterocycles. The smallest absolute Gasteiger partial charge is 0.204 e. The van der Waals surface area contributed by atoms with Crippen molar-refractivity contribution in [2.24, 2.45) is 0 Å². The molecule has 126 valence electrons. The number of rotatable bonds is 3. The molecule has 0 saturated carbocycles. The summed E-state index contributed by atoms with van der Waals surface area (Å²) in [7, 11) is 0. The summed E-state index contributed by atoms with van der Waals surface area (Å²) >= 11 is 3.55. The van der Waals surface area contributed by atoms with Gasteiger partial charge in [-0.3, -0.25) is 4.79 Å². The van der Waals surface area contributed by atoms with Crippen LogP contribution in [0.3, 0.4) is 0 Å². The van der Waals surface area contributed by atoms with Crippen molar-refractivity contribution in [1.29, 1.82) is 0 Å². The maximum Gasteiger partial charge on any atom is 0.204 e. The molecule has 0 bridgehead atoms. The Balaban J connectivity index is 1.94. The Morgan fingerprint density at radius 1 is 0.808 bits per heavy atom. The van der Waals surface area contributed by atoms with E-state index in [0.717, 1.165) is 26.8 Å². The van der Waals surface area contributed by atoms with E-state index in [1.807, 2.05) is 78.9 Å². The first kappa shape index (κ1) is 16.5. The molecular formula is C22H15BrN2O. The summed E-state index contributed by atoms with van der Waals surface area (Å²) in [6, 6.07) is 24.8. The predicted octanol–water partition coefficient (Wildman–Crippen LogP) is 5.32. The third kappa shape index (κ3) is 3.11. The van der Waals surface area contributed by atoms with E-state index in [9.17, 15) is 4.79 Å². The minimum atomic E-state index is -0.0538. The summed E-state index contributed by atoms with van der Waals surface area (Å²) < 4.78 is 2.73. The molecule has 0 N–H and O–H groups in total. The molecule has 4 rings (SSSR count).